The number of hydrogen-bond donors (Lipinski definition) is 0. The van der Waals surface area contributed by atoms with E-state index in [0.717, 1.165) is 55.7 Å². The van der Waals surface area contributed by atoms with E-state index in [2.05, 4.69) is 267 Å². The number of para-hydroxylation sites is 2. The number of hydrogen-bond acceptors (Lipinski definition) is 2. The monoisotopic (exact) mass is 881 g/mol. The van der Waals surface area contributed by atoms with Crippen LogP contribution < -0.4 is 4.90 Å². The molecule has 0 fully saturated rings. The summed E-state index contributed by atoms with van der Waals surface area (Å²) in [6, 6.07) is 90.5. The van der Waals surface area contributed by atoms with Crippen LogP contribution in [0, 0.1) is 0 Å². The van der Waals surface area contributed by atoms with Crippen molar-refractivity contribution in [2.24, 2.45) is 0 Å². The zero-order chi connectivity index (χ0) is 46.1. The minimum atomic E-state index is -0.123. The van der Waals surface area contributed by atoms with Gasteiger partial charge in [0, 0.05) is 38.7 Å². The van der Waals surface area contributed by atoms with Crippen molar-refractivity contribution in [3.8, 4) is 66.8 Å². The van der Waals surface area contributed by atoms with E-state index in [4.69, 9.17) is 4.42 Å². The molecule has 326 valence electrons. The highest BCUT2D eigenvalue weighted by Gasteiger charge is 2.37. The van der Waals surface area contributed by atoms with Crippen LogP contribution in [0.1, 0.15) is 25.0 Å². The first-order chi connectivity index (χ1) is 34.0. The molecule has 0 radical (unpaired) electrons. The van der Waals surface area contributed by atoms with Gasteiger partial charge in [-0.3, -0.25) is 0 Å². The molecule has 0 saturated carbocycles. The molecule has 0 atom stereocenters. The lowest BCUT2D eigenvalue weighted by molar-refractivity contribution is 0.662. The van der Waals surface area contributed by atoms with Crippen molar-refractivity contribution in [2.75, 3.05) is 4.90 Å². The fourth-order valence-corrected chi connectivity index (χ4v) is 11.2. The van der Waals surface area contributed by atoms with Crippen molar-refractivity contribution >= 4 is 49.8 Å². The fraction of sp³-hybridized carbons (Fsp3) is 0.0448. The fourth-order valence-electron chi connectivity index (χ4n) is 11.2. The predicted molar refractivity (Wildman–Crippen MR) is 291 cm³/mol. The Labute approximate surface area is 403 Å². The first-order valence-corrected chi connectivity index (χ1v) is 23.9. The van der Waals surface area contributed by atoms with Gasteiger partial charge in [0.25, 0.3) is 0 Å². The Morgan fingerprint density at radius 1 is 0.333 bits per heavy atom. The van der Waals surface area contributed by atoms with E-state index < -0.39 is 0 Å². The molecule has 0 aliphatic heterocycles. The van der Waals surface area contributed by atoms with Crippen molar-refractivity contribution in [3.63, 3.8) is 0 Å². The van der Waals surface area contributed by atoms with Crippen LogP contribution in [0.25, 0.3) is 99.5 Å². The molecule has 0 amide bonds. The van der Waals surface area contributed by atoms with E-state index in [9.17, 15) is 0 Å². The first kappa shape index (κ1) is 40.5. The second-order valence-electron chi connectivity index (χ2n) is 18.8. The van der Waals surface area contributed by atoms with Gasteiger partial charge in [-0.05, 0) is 126 Å². The summed E-state index contributed by atoms with van der Waals surface area (Å²) in [5.74, 6) is 0. The predicted octanol–water partition coefficient (Wildman–Crippen LogP) is 18.9. The molecule has 2 heteroatoms. The third-order valence-electron chi connectivity index (χ3n) is 14.5. The van der Waals surface area contributed by atoms with E-state index in [0.29, 0.717) is 0 Å². The number of furan rings is 1. The maximum absolute atomic E-state index is 6.86. The van der Waals surface area contributed by atoms with Crippen LogP contribution in [0.2, 0.25) is 0 Å². The Hall–Kier alpha value is -8.72. The lowest BCUT2D eigenvalue weighted by Gasteiger charge is -2.28. The Morgan fingerprint density at radius 2 is 0.870 bits per heavy atom. The van der Waals surface area contributed by atoms with E-state index in [1.165, 1.54) is 72.0 Å². The summed E-state index contributed by atoms with van der Waals surface area (Å²) in [6.07, 6.45) is 0. The molecule has 1 aliphatic carbocycles. The summed E-state index contributed by atoms with van der Waals surface area (Å²) in [4.78, 5) is 2.40. The average Bonchev–Trinajstić information content (AvgIpc) is 3.89. The van der Waals surface area contributed by atoms with Crippen molar-refractivity contribution in [2.45, 2.75) is 19.3 Å². The largest absolute Gasteiger partial charge is 0.455 e. The Kier molecular flexibility index (Phi) is 9.55. The zero-order valence-electron chi connectivity index (χ0n) is 38.5. The second kappa shape index (κ2) is 16.3. The molecular formula is C67H47NO. The molecule has 0 bridgehead atoms. The van der Waals surface area contributed by atoms with Gasteiger partial charge in [0.1, 0.15) is 11.2 Å². The molecule has 12 aromatic rings. The lowest BCUT2D eigenvalue weighted by atomic mass is 9.79. The minimum Gasteiger partial charge on any atom is -0.455 e. The van der Waals surface area contributed by atoms with Gasteiger partial charge in [-0.1, -0.05) is 214 Å². The number of benzene rings is 11. The quantitative estimate of drug-likeness (QED) is 0.151. The summed E-state index contributed by atoms with van der Waals surface area (Å²) >= 11 is 0. The average molecular weight is 882 g/mol. The summed E-state index contributed by atoms with van der Waals surface area (Å²) in [5.41, 5.74) is 22.0. The molecule has 11 aromatic carbocycles. The number of rotatable bonds is 8. The highest BCUT2D eigenvalue weighted by atomic mass is 16.3. The smallest absolute Gasteiger partial charge is 0.143 e. The highest BCUT2D eigenvalue weighted by molar-refractivity contribution is 6.14. The summed E-state index contributed by atoms with van der Waals surface area (Å²) < 4.78 is 6.86. The molecule has 13 rings (SSSR count). The molecular weight excluding hydrogens is 835 g/mol. The molecule has 0 spiro atoms. The van der Waals surface area contributed by atoms with Gasteiger partial charge in [-0.2, -0.15) is 0 Å². The third-order valence-corrected chi connectivity index (χ3v) is 14.5. The van der Waals surface area contributed by atoms with Crippen LogP contribution in [0.4, 0.5) is 17.1 Å². The summed E-state index contributed by atoms with van der Waals surface area (Å²) in [5, 5.41) is 4.60. The maximum atomic E-state index is 6.86. The number of nitrogens with zero attached hydrogens (tertiary/aromatic N) is 1. The van der Waals surface area contributed by atoms with Crippen molar-refractivity contribution < 1.29 is 4.42 Å². The highest BCUT2D eigenvalue weighted by Crippen LogP contribution is 2.53. The van der Waals surface area contributed by atoms with Gasteiger partial charge in [-0.25, -0.2) is 0 Å². The minimum absolute atomic E-state index is 0.123. The maximum Gasteiger partial charge on any atom is 0.143 e. The zero-order valence-corrected chi connectivity index (χ0v) is 38.5. The van der Waals surface area contributed by atoms with Crippen LogP contribution in [-0.2, 0) is 5.41 Å². The van der Waals surface area contributed by atoms with Crippen LogP contribution in [0.5, 0.6) is 0 Å². The Morgan fingerprint density at radius 3 is 1.61 bits per heavy atom. The van der Waals surface area contributed by atoms with Gasteiger partial charge in [0.15, 0.2) is 0 Å². The van der Waals surface area contributed by atoms with E-state index in [1.807, 2.05) is 0 Å². The van der Waals surface area contributed by atoms with Crippen LogP contribution in [0.15, 0.2) is 253 Å². The standard InChI is InChI=1S/C67H47NO/c1-67(2)62-29-13-11-23-55(62)57-26-15-25-54(65(57)67)47-33-38-52(39-34-47)68(51-36-31-44(32-37-51)50-35-40-53(45-17-5-3-6-18-45)60(41-50)46-19-7-4-8-20-46)63-30-14-12-24-56(63)58-27-16-28-59-61-42-48-21-9-10-22-49(48)43-64(61)69-66(58)59/h3-43H,1-2H3. The van der Waals surface area contributed by atoms with E-state index in [1.54, 1.807) is 0 Å². The molecule has 1 aromatic heterocycles. The van der Waals surface area contributed by atoms with Crippen LogP contribution >= 0.6 is 0 Å². The van der Waals surface area contributed by atoms with Gasteiger partial charge >= 0.3 is 0 Å². The molecule has 1 heterocycles. The molecule has 0 unspecified atom stereocenters. The van der Waals surface area contributed by atoms with Crippen LogP contribution in [0.3, 0.4) is 0 Å². The summed E-state index contributed by atoms with van der Waals surface area (Å²) in [6.45, 7) is 4.73. The van der Waals surface area contributed by atoms with Crippen molar-refractivity contribution in [3.05, 3.63) is 260 Å². The topological polar surface area (TPSA) is 16.4 Å². The SMILES string of the molecule is CC1(C)c2ccccc2-c2cccc(-c3ccc(N(c4ccc(-c5ccc(-c6ccccc6)c(-c6ccccc6)c5)cc4)c4ccccc4-c4cccc5c4oc4cc6ccccc6cc45)cc3)c21. The Bertz CT molecular complexity index is 3900. The van der Waals surface area contributed by atoms with Gasteiger partial charge < -0.3 is 9.32 Å². The Balaban J connectivity index is 0.952. The van der Waals surface area contributed by atoms with Crippen molar-refractivity contribution in [1.29, 1.82) is 0 Å². The van der Waals surface area contributed by atoms with E-state index in [-0.39, 0.29) is 5.41 Å². The van der Waals surface area contributed by atoms with Crippen LogP contribution in [-0.4, -0.2) is 0 Å². The van der Waals surface area contributed by atoms with E-state index >= 15 is 0 Å². The molecule has 2 nitrogen and oxygen atoms in total. The second-order valence-corrected chi connectivity index (χ2v) is 18.8. The molecule has 0 N–H and O–H groups in total. The van der Waals surface area contributed by atoms with Gasteiger partial charge in [-0.15, -0.1) is 0 Å². The molecule has 69 heavy (non-hydrogen) atoms. The van der Waals surface area contributed by atoms with Gasteiger partial charge in [0.2, 0.25) is 0 Å². The van der Waals surface area contributed by atoms with Crippen molar-refractivity contribution in [1.82, 2.24) is 0 Å². The van der Waals surface area contributed by atoms with Gasteiger partial charge in [0.05, 0.1) is 5.69 Å². The lowest BCUT2D eigenvalue weighted by Crippen LogP contribution is -2.16. The number of fused-ring (bicyclic) bond motifs is 7. The molecule has 1 aliphatic rings. The molecule has 0 saturated heterocycles. The first-order valence-electron chi connectivity index (χ1n) is 23.9. The third kappa shape index (κ3) is 6.79. The number of anilines is 3. The normalized spacial score (nSPS) is 12.6. The summed E-state index contributed by atoms with van der Waals surface area (Å²) in [7, 11) is 0.